The van der Waals surface area contributed by atoms with Crippen molar-refractivity contribution in [2.45, 2.75) is 13.5 Å². The van der Waals surface area contributed by atoms with Crippen LogP contribution in [0.25, 0.3) is 16.7 Å². The maximum absolute atomic E-state index is 12.8. The number of tetrazole rings is 1. The van der Waals surface area contributed by atoms with Crippen LogP contribution in [0, 0.1) is 6.92 Å². The van der Waals surface area contributed by atoms with Gasteiger partial charge in [0, 0.05) is 19.2 Å². The molecule has 0 aliphatic carbocycles. The lowest BCUT2D eigenvalue weighted by atomic mass is 10.1. The van der Waals surface area contributed by atoms with Gasteiger partial charge >= 0.3 is 0 Å². The molecule has 0 radical (unpaired) electrons. The summed E-state index contributed by atoms with van der Waals surface area (Å²) >= 11 is 1.19. The molecule has 0 saturated heterocycles. The molecule has 4 rings (SSSR count). The number of hydrogen-bond acceptors (Lipinski definition) is 7. The van der Waals surface area contributed by atoms with E-state index in [1.807, 2.05) is 37.3 Å². The number of carbonyl (C=O) groups is 1. The Morgan fingerprint density at radius 1 is 1.15 bits per heavy atom. The minimum atomic E-state index is -0.0749. The van der Waals surface area contributed by atoms with E-state index in [-0.39, 0.29) is 5.91 Å². The van der Waals surface area contributed by atoms with E-state index in [0.29, 0.717) is 17.9 Å². The Labute approximate surface area is 153 Å². The minimum absolute atomic E-state index is 0.0749. The second-order valence-corrected chi connectivity index (χ2v) is 6.47. The molecule has 2 aromatic carbocycles. The molecule has 0 unspecified atom stereocenters. The molecule has 0 bridgehead atoms. The summed E-state index contributed by atoms with van der Waals surface area (Å²) in [6.45, 7) is 2.30. The number of carbonyl (C=O) groups excluding carboxylic acids is 1. The SMILES string of the molecule is Cc1nnnn1-c1cccc(C(=O)N(C)Cc2ccc3nsnc3c2)c1. The lowest BCUT2D eigenvalue weighted by Gasteiger charge is -2.18. The lowest BCUT2D eigenvalue weighted by molar-refractivity contribution is 0.0785. The Morgan fingerprint density at radius 2 is 2.00 bits per heavy atom. The normalized spacial score (nSPS) is 11.0. The van der Waals surface area contributed by atoms with Crippen molar-refractivity contribution in [2.75, 3.05) is 7.05 Å². The number of amides is 1. The van der Waals surface area contributed by atoms with Gasteiger partial charge in [0.05, 0.1) is 17.4 Å². The molecule has 26 heavy (non-hydrogen) atoms. The first-order valence-electron chi connectivity index (χ1n) is 7.94. The van der Waals surface area contributed by atoms with E-state index >= 15 is 0 Å². The molecular weight excluding hydrogens is 350 g/mol. The molecule has 130 valence electrons. The highest BCUT2D eigenvalue weighted by atomic mass is 32.1. The largest absolute Gasteiger partial charge is 0.337 e. The molecule has 9 heteroatoms. The van der Waals surface area contributed by atoms with Crippen molar-refractivity contribution in [3.8, 4) is 5.69 Å². The summed E-state index contributed by atoms with van der Waals surface area (Å²) in [5.41, 5.74) is 4.06. The topological polar surface area (TPSA) is 89.7 Å². The van der Waals surface area contributed by atoms with Crippen molar-refractivity contribution in [3.63, 3.8) is 0 Å². The van der Waals surface area contributed by atoms with Crippen molar-refractivity contribution < 1.29 is 4.79 Å². The third-order valence-corrected chi connectivity index (χ3v) is 4.60. The van der Waals surface area contributed by atoms with Crippen molar-refractivity contribution in [1.29, 1.82) is 0 Å². The van der Waals surface area contributed by atoms with E-state index in [1.165, 1.54) is 11.7 Å². The van der Waals surface area contributed by atoms with Crippen LogP contribution in [0.1, 0.15) is 21.7 Å². The predicted octanol–water partition coefficient (Wildman–Crippen LogP) is 2.25. The molecule has 1 amide bonds. The molecule has 8 nitrogen and oxygen atoms in total. The highest BCUT2D eigenvalue weighted by Gasteiger charge is 2.14. The Kier molecular flexibility index (Phi) is 4.13. The van der Waals surface area contributed by atoms with Crippen LogP contribution < -0.4 is 0 Å². The second kappa shape index (κ2) is 6.60. The fourth-order valence-electron chi connectivity index (χ4n) is 2.73. The Hall–Kier alpha value is -3.20. The van der Waals surface area contributed by atoms with Gasteiger partial charge in [-0.2, -0.15) is 13.4 Å². The van der Waals surface area contributed by atoms with Gasteiger partial charge in [-0.15, -0.1) is 5.10 Å². The molecule has 0 aliphatic rings. The van der Waals surface area contributed by atoms with Gasteiger partial charge < -0.3 is 4.90 Å². The van der Waals surface area contributed by atoms with Gasteiger partial charge in [-0.1, -0.05) is 12.1 Å². The predicted molar refractivity (Wildman–Crippen MR) is 97.1 cm³/mol. The van der Waals surface area contributed by atoms with Crippen LogP contribution in [0.5, 0.6) is 0 Å². The molecule has 0 aliphatic heterocycles. The molecule has 0 spiro atoms. The first kappa shape index (κ1) is 16.3. The van der Waals surface area contributed by atoms with E-state index in [2.05, 4.69) is 24.3 Å². The van der Waals surface area contributed by atoms with Gasteiger partial charge in [-0.3, -0.25) is 4.79 Å². The summed E-state index contributed by atoms with van der Waals surface area (Å²) in [7, 11) is 1.78. The number of rotatable bonds is 4. The molecular formula is C17H15N7OS. The van der Waals surface area contributed by atoms with E-state index in [4.69, 9.17) is 0 Å². The number of benzene rings is 2. The van der Waals surface area contributed by atoms with Crippen LogP contribution in [-0.4, -0.2) is 46.8 Å². The second-order valence-electron chi connectivity index (χ2n) is 5.94. The summed E-state index contributed by atoms with van der Waals surface area (Å²) in [6.07, 6.45) is 0. The molecule has 0 saturated carbocycles. The third kappa shape index (κ3) is 3.04. The minimum Gasteiger partial charge on any atom is -0.337 e. The van der Waals surface area contributed by atoms with Crippen molar-refractivity contribution in [1.82, 2.24) is 33.9 Å². The van der Waals surface area contributed by atoms with Crippen LogP contribution in [0.4, 0.5) is 0 Å². The standard InChI is InChI=1S/C17H15N7OS/c1-11-18-21-22-24(11)14-5-3-4-13(9-14)17(25)23(2)10-12-6-7-15-16(8-12)20-26-19-15/h3-9H,10H2,1-2H3. The molecule has 0 atom stereocenters. The molecule has 0 fully saturated rings. The van der Waals surface area contributed by atoms with Crippen LogP contribution in [0.2, 0.25) is 0 Å². The van der Waals surface area contributed by atoms with Gasteiger partial charge in [0.1, 0.15) is 11.0 Å². The highest BCUT2D eigenvalue weighted by molar-refractivity contribution is 7.00. The monoisotopic (exact) mass is 365 g/mol. The average molecular weight is 365 g/mol. The van der Waals surface area contributed by atoms with E-state index in [9.17, 15) is 4.79 Å². The Morgan fingerprint density at radius 3 is 2.81 bits per heavy atom. The van der Waals surface area contributed by atoms with Gasteiger partial charge in [0.15, 0.2) is 5.82 Å². The van der Waals surface area contributed by atoms with Crippen molar-refractivity contribution >= 4 is 28.7 Å². The Bertz CT molecular complexity index is 1090. The molecule has 4 aromatic rings. The maximum Gasteiger partial charge on any atom is 0.253 e. The van der Waals surface area contributed by atoms with Crippen molar-refractivity contribution in [2.24, 2.45) is 0 Å². The van der Waals surface area contributed by atoms with E-state index in [0.717, 1.165) is 22.3 Å². The number of aromatic nitrogens is 6. The summed E-state index contributed by atoms with van der Waals surface area (Å²) in [5.74, 6) is 0.585. The summed E-state index contributed by atoms with van der Waals surface area (Å²) in [4.78, 5) is 14.5. The van der Waals surface area contributed by atoms with Crippen LogP contribution in [0.3, 0.4) is 0 Å². The summed E-state index contributed by atoms with van der Waals surface area (Å²) in [6, 6.07) is 13.1. The zero-order valence-electron chi connectivity index (χ0n) is 14.2. The summed E-state index contributed by atoms with van der Waals surface area (Å²) < 4.78 is 10.0. The average Bonchev–Trinajstić information content (AvgIpc) is 3.29. The van der Waals surface area contributed by atoms with Crippen molar-refractivity contribution in [3.05, 3.63) is 59.4 Å². The molecule has 0 N–H and O–H groups in total. The van der Waals surface area contributed by atoms with Crippen LogP contribution in [0.15, 0.2) is 42.5 Å². The zero-order chi connectivity index (χ0) is 18.1. The first-order valence-corrected chi connectivity index (χ1v) is 8.67. The molecule has 2 heterocycles. The van der Waals surface area contributed by atoms with Gasteiger partial charge in [0.2, 0.25) is 0 Å². The lowest BCUT2D eigenvalue weighted by Crippen LogP contribution is -2.26. The van der Waals surface area contributed by atoms with E-state index < -0.39 is 0 Å². The van der Waals surface area contributed by atoms with Gasteiger partial charge in [-0.05, 0) is 53.2 Å². The maximum atomic E-state index is 12.8. The highest BCUT2D eigenvalue weighted by Crippen LogP contribution is 2.17. The first-order chi connectivity index (χ1) is 12.6. The van der Waals surface area contributed by atoms with Gasteiger partial charge in [0.25, 0.3) is 5.91 Å². The quantitative estimate of drug-likeness (QED) is 0.551. The fraction of sp³-hybridized carbons (Fsp3) is 0.176. The number of nitrogens with zero attached hydrogens (tertiary/aromatic N) is 7. The number of aryl methyl sites for hydroxylation is 1. The molecule has 2 aromatic heterocycles. The van der Waals surface area contributed by atoms with E-state index in [1.54, 1.807) is 28.8 Å². The van der Waals surface area contributed by atoms with Gasteiger partial charge in [-0.25, -0.2) is 0 Å². The third-order valence-electron chi connectivity index (χ3n) is 4.05. The number of hydrogen-bond donors (Lipinski definition) is 0. The zero-order valence-corrected chi connectivity index (χ0v) is 15.0. The smallest absolute Gasteiger partial charge is 0.253 e. The van der Waals surface area contributed by atoms with Crippen LogP contribution in [-0.2, 0) is 6.54 Å². The fourth-order valence-corrected chi connectivity index (χ4v) is 3.25. The number of fused-ring (bicyclic) bond motifs is 1. The summed E-state index contributed by atoms with van der Waals surface area (Å²) in [5, 5.41) is 11.5. The van der Waals surface area contributed by atoms with Crippen LogP contribution >= 0.6 is 11.7 Å². The Balaban J connectivity index is 1.55.